The maximum absolute atomic E-state index is 13.8. The summed E-state index contributed by atoms with van der Waals surface area (Å²) < 4.78 is 61.1. The van der Waals surface area contributed by atoms with Crippen LogP contribution in [0.5, 0.6) is 0 Å². The maximum Gasteiger partial charge on any atom is 0.302 e. The van der Waals surface area contributed by atoms with E-state index in [1.165, 1.54) is 34.3 Å². The van der Waals surface area contributed by atoms with E-state index in [1.807, 2.05) is 0 Å². The molecule has 0 atom stereocenters. The molecule has 3 rings (SSSR count). The molecule has 1 N–H and O–H groups in total. The molecule has 28 heavy (non-hydrogen) atoms. The molecule has 1 aliphatic heterocycles. The van der Waals surface area contributed by atoms with E-state index in [4.69, 9.17) is 4.74 Å². The van der Waals surface area contributed by atoms with Crippen molar-refractivity contribution in [3.8, 4) is 0 Å². The second-order valence-electron chi connectivity index (χ2n) is 5.70. The Kier molecular flexibility index (Phi) is 7.10. The second kappa shape index (κ2) is 9.35. The zero-order valence-corrected chi connectivity index (χ0v) is 17.3. The Hall–Kier alpha value is -1.47. The van der Waals surface area contributed by atoms with Gasteiger partial charge in [-0.15, -0.1) is 11.8 Å². The molecule has 1 fully saturated rings. The summed E-state index contributed by atoms with van der Waals surface area (Å²) in [6, 6.07) is 5.48. The molecular weight excluding hydrogens is 430 g/mol. The minimum absolute atomic E-state index is 0.108. The number of hydrogen-bond acceptors (Lipinski definition) is 7. The number of thioether (sulfide) groups is 2. The third-order valence-corrected chi connectivity index (χ3v) is 6.86. The summed E-state index contributed by atoms with van der Waals surface area (Å²) in [5, 5.41) is 0.812. The van der Waals surface area contributed by atoms with Gasteiger partial charge in [0.25, 0.3) is 0 Å². The number of ether oxygens (including phenoxy) is 1. The van der Waals surface area contributed by atoms with E-state index >= 15 is 0 Å². The fourth-order valence-electron chi connectivity index (χ4n) is 2.41. The summed E-state index contributed by atoms with van der Waals surface area (Å²) >= 11 is 2.41. The van der Waals surface area contributed by atoms with Gasteiger partial charge in [0.05, 0.1) is 13.2 Å². The Bertz CT molecular complexity index is 941. The molecule has 0 radical (unpaired) electrons. The van der Waals surface area contributed by atoms with Gasteiger partial charge in [0.1, 0.15) is 10.8 Å². The first-order chi connectivity index (χ1) is 13.4. The molecule has 0 unspecified atom stereocenters. The van der Waals surface area contributed by atoms with Gasteiger partial charge in [-0.25, -0.2) is 18.7 Å². The molecule has 2 aromatic rings. The standard InChI is InChI=1S/C16H18F2N4O3S3/c1-26-14-9-13(21-28(23,24)22-5-7-25-8-6-22)19-16(20-14)27-10-11-3-2-4-12(17)15(11)18/h2-4,9H,5-8,10H2,1H3,(H,19,20,21). The number of aromatic nitrogens is 2. The predicted octanol–water partition coefficient (Wildman–Crippen LogP) is 2.76. The van der Waals surface area contributed by atoms with Crippen LogP contribution in [0.1, 0.15) is 5.56 Å². The largest absolute Gasteiger partial charge is 0.379 e. The lowest BCUT2D eigenvalue weighted by Crippen LogP contribution is -2.43. The van der Waals surface area contributed by atoms with Crippen LogP contribution in [-0.4, -0.2) is 55.3 Å². The van der Waals surface area contributed by atoms with Crippen LogP contribution in [0.25, 0.3) is 0 Å². The van der Waals surface area contributed by atoms with E-state index in [0.29, 0.717) is 18.2 Å². The Morgan fingerprint density at radius 3 is 2.71 bits per heavy atom. The van der Waals surface area contributed by atoms with Gasteiger partial charge >= 0.3 is 10.2 Å². The molecule has 1 aromatic carbocycles. The van der Waals surface area contributed by atoms with Crippen molar-refractivity contribution in [1.29, 1.82) is 0 Å². The van der Waals surface area contributed by atoms with Crippen LogP contribution in [0.2, 0.25) is 0 Å². The van der Waals surface area contributed by atoms with E-state index < -0.39 is 21.8 Å². The van der Waals surface area contributed by atoms with Gasteiger partial charge in [0.2, 0.25) is 0 Å². The number of rotatable bonds is 7. The fraction of sp³-hybridized carbons (Fsp3) is 0.375. The fourth-order valence-corrected chi connectivity index (χ4v) is 4.84. The van der Waals surface area contributed by atoms with Crippen LogP contribution in [0.15, 0.2) is 34.4 Å². The number of morpholine rings is 1. The molecule has 12 heteroatoms. The summed E-state index contributed by atoms with van der Waals surface area (Å²) in [4.78, 5) is 8.49. The van der Waals surface area contributed by atoms with Gasteiger partial charge in [-0.2, -0.15) is 12.7 Å². The Labute approximate surface area is 170 Å². The number of nitrogens with one attached hydrogen (secondary N) is 1. The number of anilines is 1. The summed E-state index contributed by atoms with van der Waals surface area (Å²) in [6.07, 6.45) is 1.79. The van der Waals surface area contributed by atoms with Gasteiger partial charge < -0.3 is 4.74 Å². The lowest BCUT2D eigenvalue weighted by Gasteiger charge is -2.26. The molecule has 1 aromatic heterocycles. The molecule has 0 amide bonds. The van der Waals surface area contributed by atoms with Crippen molar-refractivity contribution < 1.29 is 21.9 Å². The Morgan fingerprint density at radius 1 is 1.25 bits per heavy atom. The lowest BCUT2D eigenvalue weighted by atomic mass is 10.2. The monoisotopic (exact) mass is 448 g/mol. The van der Waals surface area contributed by atoms with Gasteiger partial charge in [0.15, 0.2) is 16.8 Å². The zero-order valence-electron chi connectivity index (χ0n) is 14.9. The third kappa shape index (κ3) is 5.32. The molecule has 0 spiro atoms. The van der Waals surface area contributed by atoms with Crippen LogP contribution in [0.3, 0.4) is 0 Å². The first-order valence-electron chi connectivity index (χ1n) is 8.23. The number of nitrogens with zero attached hydrogens (tertiary/aromatic N) is 3. The highest BCUT2D eigenvalue weighted by Crippen LogP contribution is 2.26. The number of benzene rings is 1. The van der Waals surface area contributed by atoms with E-state index in [0.717, 1.165) is 17.8 Å². The van der Waals surface area contributed by atoms with Crippen molar-refractivity contribution in [1.82, 2.24) is 14.3 Å². The van der Waals surface area contributed by atoms with E-state index in [-0.39, 0.29) is 35.4 Å². The molecule has 0 saturated carbocycles. The maximum atomic E-state index is 13.8. The van der Waals surface area contributed by atoms with Gasteiger partial charge in [-0.05, 0) is 12.3 Å². The average Bonchev–Trinajstić information content (AvgIpc) is 2.69. The third-order valence-electron chi connectivity index (χ3n) is 3.82. The Morgan fingerprint density at radius 2 is 2.00 bits per heavy atom. The first-order valence-corrected chi connectivity index (χ1v) is 11.9. The molecule has 1 aliphatic rings. The Balaban J connectivity index is 1.77. The summed E-state index contributed by atoms with van der Waals surface area (Å²) in [5.41, 5.74) is 0.179. The molecule has 1 saturated heterocycles. The number of hydrogen-bond donors (Lipinski definition) is 1. The highest BCUT2D eigenvalue weighted by atomic mass is 32.2. The number of halogens is 2. The van der Waals surface area contributed by atoms with Crippen molar-refractivity contribution in [3.63, 3.8) is 0 Å². The second-order valence-corrected chi connectivity index (χ2v) is 9.14. The highest BCUT2D eigenvalue weighted by Gasteiger charge is 2.25. The zero-order chi connectivity index (χ0) is 20.1. The van der Waals surface area contributed by atoms with Crippen LogP contribution in [0.4, 0.5) is 14.6 Å². The van der Waals surface area contributed by atoms with E-state index in [2.05, 4.69) is 14.7 Å². The molecule has 0 bridgehead atoms. The van der Waals surface area contributed by atoms with Crippen molar-refractivity contribution in [2.75, 3.05) is 37.3 Å². The first kappa shape index (κ1) is 21.2. The SMILES string of the molecule is CSc1cc(NS(=O)(=O)N2CCOCC2)nc(SCc2cccc(F)c2F)n1. The lowest BCUT2D eigenvalue weighted by molar-refractivity contribution is 0.0733. The van der Waals surface area contributed by atoms with Gasteiger partial charge in [-0.3, -0.25) is 4.72 Å². The smallest absolute Gasteiger partial charge is 0.302 e. The normalized spacial score (nSPS) is 15.5. The predicted molar refractivity (Wildman–Crippen MR) is 105 cm³/mol. The van der Waals surface area contributed by atoms with Gasteiger partial charge in [0, 0.05) is 30.5 Å². The molecule has 152 valence electrons. The van der Waals surface area contributed by atoms with Crippen LogP contribution in [-0.2, 0) is 20.7 Å². The molecule has 0 aliphatic carbocycles. The van der Waals surface area contributed by atoms with E-state index in [9.17, 15) is 17.2 Å². The molecular formula is C16H18F2N4O3S3. The van der Waals surface area contributed by atoms with Crippen LogP contribution >= 0.6 is 23.5 Å². The van der Waals surface area contributed by atoms with Crippen molar-refractivity contribution in [3.05, 3.63) is 41.5 Å². The summed E-state index contributed by atoms with van der Waals surface area (Å²) in [7, 11) is -3.77. The van der Waals surface area contributed by atoms with E-state index in [1.54, 1.807) is 6.26 Å². The molecule has 2 heterocycles. The highest BCUT2D eigenvalue weighted by molar-refractivity contribution is 7.99. The minimum atomic E-state index is -3.77. The quantitative estimate of drug-likeness (QED) is 0.396. The van der Waals surface area contributed by atoms with Gasteiger partial charge in [-0.1, -0.05) is 23.9 Å². The average molecular weight is 449 g/mol. The van der Waals surface area contributed by atoms with Crippen molar-refractivity contribution in [2.45, 2.75) is 15.9 Å². The summed E-state index contributed by atoms with van der Waals surface area (Å²) in [5.74, 6) is -1.61. The van der Waals surface area contributed by atoms with Crippen LogP contribution < -0.4 is 4.72 Å². The minimum Gasteiger partial charge on any atom is -0.379 e. The van der Waals surface area contributed by atoms with Crippen LogP contribution in [0, 0.1) is 11.6 Å². The van der Waals surface area contributed by atoms with Crippen molar-refractivity contribution in [2.24, 2.45) is 0 Å². The summed E-state index contributed by atoms with van der Waals surface area (Å²) in [6.45, 7) is 1.19. The van der Waals surface area contributed by atoms with Crippen molar-refractivity contribution >= 4 is 39.6 Å². The topological polar surface area (TPSA) is 84.4 Å². The molecule has 7 nitrogen and oxygen atoms in total.